The maximum absolute atomic E-state index is 13.6. The minimum atomic E-state index is -0.389. The molecule has 2 aromatic carbocycles. The van der Waals surface area contributed by atoms with Gasteiger partial charge in [0.15, 0.2) is 4.96 Å². The van der Waals surface area contributed by atoms with Gasteiger partial charge in [-0.3, -0.25) is 14.0 Å². The third kappa shape index (κ3) is 4.48. The normalized spacial score (nSPS) is 11.2. The molecule has 0 unspecified atom stereocenters. The van der Waals surface area contributed by atoms with Crippen molar-refractivity contribution in [3.8, 4) is 16.9 Å². The molecule has 10 heteroatoms. The van der Waals surface area contributed by atoms with E-state index in [1.165, 1.54) is 40.0 Å². The van der Waals surface area contributed by atoms with Crippen molar-refractivity contribution in [1.29, 1.82) is 0 Å². The lowest BCUT2D eigenvalue weighted by Crippen LogP contribution is -2.22. The Kier molecular flexibility index (Phi) is 5.96. The van der Waals surface area contributed by atoms with Crippen molar-refractivity contribution >= 4 is 39.5 Å². The number of amides is 1. The summed E-state index contributed by atoms with van der Waals surface area (Å²) < 4.78 is 16.3. The van der Waals surface area contributed by atoms with Crippen molar-refractivity contribution in [3.05, 3.63) is 98.3 Å². The zero-order chi connectivity index (χ0) is 24.7. The second-order valence-electron chi connectivity index (χ2n) is 8.02. The number of aromatic nitrogens is 4. The Hall–Kier alpha value is -3.82. The minimum Gasteiger partial charge on any atom is -0.326 e. The van der Waals surface area contributed by atoms with Gasteiger partial charge in [-0.15, -0.1) is 11.3 Å². The van der Waals surface area contributed by atoms with Gasteiger partial charge in [0, 0.05) is 27.5 Å². The van der Waals surface area contributed by atoms with E-state index in [-0.39, 0.29) is 23.7 Å². The molecule has 0 aliphatic rings. The van der Waals surface area contributed by atoms with Crippen LogP contribution in [0.3, 0.4) is 0 Å². The molecule has 0 aliphatic carbocycles. The van der Waals surface area contributed by atoms with E-state index in [2.05, 4.69) is 15.4 Å². The van der Waals surface area contributed by atoms with Crippen LogP contribution in [0.2, 0.25) is 5.02 Å². The molecule has 0 saturated carbocycles. The fraction of sp³-hybridized carbons (Fsp3) is 0.120. The van der Waals surface area contributed by atoms with E-state index in [1.54, 1.807) is 29.1 Å². The minimum absolute atomic E-state index is 0.0442. The summed E-state index contributed by atoms with van der Waals surface area (Å²) in [7, 11) is 0. The first-order chi connectivity index (χ1) is 16.8. The first-order valence-electron chi connectivity index (χ1n) is 10.7. The summed E-state index contributed by atoms with van der Waals surface area (Å²) in [6, 6.07) is 14.6. The smallest absolute Gasteiger partial charge is 0.268 e. The van der Waals surface area contributed by atoms with Crippen LogP contribution in [-0.4, -0.2) is 25.1 Å². The Morgan fingerprint density at radius 1 is 1.14 bits per heavy atom. The number of benzene rings is 2. The molecule has 7 nitrogen and oxygen atoms in total. The van der Waals surface area contributed by atoms with Crippen molar-refractivity contribution in [3.63, 3.8) is 0 Å². The molecule has 0 spiro atoms. The highest BCUT2D eigenvalue weighted by Crippen LogP contribution is 2.24. The largest absolute Gasteiger partial charge is 0.326 e. The number of carbonyl (C=O) groups excluding carboxylic acids is 1. The molecule has 3 heterocycles. The molecule has 5 aromatic rings. The fourth-order valence-corrected chi connectivity index (χ4v) is 5.00. The summed E-state index contributed by atoms with van der Waals surface area (Å²) in [6.45, 7) is 3.66. The zero-order valence-corrected chi connectivity index (χ0v) is 20.3. The van der Waals surface area contributed by atoms with Crippen LogP contribution in [-0.2, 0) is 11.2 Å². The van der Waals surface area contributed by atoms with Crippen LogP contribution >= 0.6 is 22.9 Å². The topological polar surface area (TPSA) is 81.3 Å². The van der Waals surface area contributed by atoms with Gasteiger partial charge >= 0.3 is 0 Å². The Balaban J connectivity index is 1.52. The molecule has 0 fully saturated rings. The number of hydrogen-bond donors (Lipinski definition) is 1. The molecule has 0 radical (unpaired) electrons. The number of fused-ring (bicyclic) bond motifs is 1. The molecule has 0 atom stereocenters. The molecule has 0 aliphatic heterocycles. The van der Waals surface area contributed by atoms with Crippen LogP contribution in [0.5, 0.6) is 0 Å². The van der Waals surface area contributed by atoms with Gasteiger partial charge < -0.3 is 5.32 Å². The predicted molar refractivity (Wildman–Crippen MR) is 135 cm³/mol. The lowest BCUT2D eigenvalue weighted by molar-refractivity contribution is -0.115. The van der Waals surface area contributed by atoms with Crippen LogP contribution in [0.4, 0.5) is 10.1 Å². The van der Waals surface area contributed by atoms with Gasteiger partial charge in [0.05, 0.1) is 23.4 Å². The summed E-state index contributed by atoms with van der Waals surface area (Å²) in [5.41, 5.74) is 3.69. The fourth-order valence-electron chi connectivity index (χ4n) is 3.89. The average molecular weight is 508 g/mol. The van der Waals surface area contributed by atoms with Crippen LogP contribution in [0.1, 0.15) is 17.1 Å². The van der Waals surface area contributed by atoms with E-state index in [1.807, 2.05) is 25.1 Å². The second kappa shape index (κ2) is 9.09. The maximum Gasteiger partial charge on any atom is 0.268 e. The number of nitrogens with zero attached hydrogens (tertiary/aromatic N) is 4. The molecular formula is C25H19ClFN5O2S. The van der Waals surface area contributed by atoms with Crippen LogP contribution in [0.15, 0.2) is 64.8 Å². The monoisotopic (exact) mass is 507 g/mol. The number of hydrogen-bond acceptors (Lipinski definition) is 5. The SMILES string of the molecule is Cc1nc2scc(CC(=O)Nc3ccc(F)cc3)n2c(=O)c1-c1cc(C)n(-c2cccc(Cl)c2)n1. The Bertz CT molecular complexity index is 1640. The molecule has 5 rings (SSSR count). The first kappa shape index (κ1) is 22.9. The third-order valence-corrected chi connectivity index (χ3v) is 6.60. The second-order valence-corrected chi connectivity index (χ2v) is 9.29. The van der Waals surface area contributed by atoms with E-state index in [4.69, 9.17) is 11.6 Å². The molecule has 35 heavy (non-hydrogen) atoms. The summed E-state index contributed by atoms with van der Waals surface area (Å²) in [4.78, 5) is 31.3. The van der Waals surface area contributed by atoms with Crippen LogP contribution < -0.4 is 10.9 Å². The summed E-state index contributed by atoms with van der Waals surface area (Å²) in [6.07, 6.45) is -0.0442. The molecule has 0 bridgehead atoms. The number of rotatable bonds is 5. The van der Waals surface area contributed by atoms with Gasteiger partial charge in [-0.1, -0.05) is 17.7 Å². The zero-order valence-electron chi connectivity index (χ0n) is 18.8. The summed E-state index contributed by atoms with van der Waals surface area (Å²) >= 11 is 7.42. The van der Waals surface area contributed by atoms with E-state index in [9.17, 15) is 14.0 Å². The van der Waals surface area contributed by atoms with Crippen LogP contribution in [0, 0.1) is 19.7 Å². The average Bonchev–Trinajstić information content (AvgIpc) is 3.38. The van der Waals surface area contributed by atoms with Gasteiger partial charge in [0.2, 0.25) is 5.91 Å². The van der Waals surface area contributed by atoms with Crippen LogP contribution in [0.25, 0.3) is 21.9 Å². The Morgan fingerprint density at radius 2 is 1.91 bits per heavy atom. The van der Waals surface area contributed by atoms with Gasteiger partial charge in [-0.2, -0.15) is 5.10 Å². The summed E-state index contributed by atoms with van der Waals surface area (Å²) in [5, 5.41) is 9.70. The molecule has 0 saturated heterocycles. The number of anilines is 1. The van der Waals surface area contributed by atoms with Crippen molar-refractivity contribution < 1.29 is 9.18 Å². The standard InChI is InChI=1S/C25H19ClFN5O2S/c1-14-10-21(30-32(14)19-5-3-4-16(26)11-19)23-15(2)28-25-31(24(23)34)20(13-35-25)12-22(33)29-18-8-6-17(27)7-9-18/h3-11,13H,12H2,1-2H3,(H,29,33). The molecule has 1 N–H and O–H groups in total. The van der Waals surface area contributed by atoms with Crippen molar-refractivity contribution in [2.45, 2.75) is 20.3 Å². The first-order valence-corrected chi connectivity index (χ1v) is 11.9. The van der Waals surface area contributed by atoms with E-state index in [0.717, 1.165) is 11.4 Å². The number of thiazole rings is 1. The van der Waals surface area contributed by atoms with Crippen molar-refractivity contribution in [2.24, 2.45) is 0 Å². The van der Waals surface area contributed by atoms with E-state index in [0.29, 0.717) is 38.3 Å². The molecule has 3 aromatic heterocycles. The molecule has 176 valence electrons. The summed E-state index contributed by atoms with van der Waals surface area (Å²) in [5.74, 6) is -0.716. The quantitative estimate of drug-likeness (QED) is 0.354. The van der Waals surface area contributed by atoms with Gasteiger partial charge in [-0.25, -0.2) is 14.1 Å². The molecule has 1 amide bonds. The number of aryl methyl sites for hydroxylation is 2. The van der Waals surface area contributed by atoms with E-state index >= 15 is 0 Å². The van der Waals surface area contributed by atoms with Gasteiger partial charge in [-0.05, 0) is 62.4 Å². The predicted octanol–water partition coefficient (Wildman–Crippen LogP) is 5.20. The lowest BCUT2D eigenvalue weighted by Gasteiger charge is -2.07. The van der Waals surface area contributed by atoms with Gasteiger partial charge in [0.1, 0.15) is 11.5 Å². The van der Waals surface area contributed by atoms with E-state index < -0.39 is 0 Å². The third-order valence-electron chi connectivity index (χ3n) is 5.49. The van der Waals surface area contributed by atoms with Gasteiger partial charge in [0.25, 0.3) is 5.56 Å². The Morgan fingerprint density at radius 3 is 2.66 bits per heavy atom. The molecular weight excluding hydrogens is 489 g/mol. The number of carbonyl (C=O) groups is 1. The number of halogens is 2. The number of nitrogens with one attached hydrogen (secondary N) is 1. The maximum atomic E-state index is 13.6. The highest BCUT2D eigenvalue weighted by molar-refractivity contribution is 7.15. The Labute approximate surface area is 208 Å². The van der Waals surface area contributed by atoms with Crippen molar-refractivity contribution in [1.82, 2.24) is 19.2 Å². The lowest BCUT2D eigenvalue weighted by atomic mass is 10.1. The highest BCUT2D eigenvalue weighted by atomic mass is 35.5. The van der Waals surface area contributed by atoms with Crippen molar-refractivity contribution in [2.75, 3.05) is 5.32 Å². The highest BCUT2D eigenvalue weighted by Gasteiger charge is 2.20.